The summed E-state index contributed by atoms with van der Waals surface area (Å²) in [6.45, 7) is 1.89. The topological polar surface area (TPSA) is 17.1 Å². The standard InChI is InChI=1S/C14H10ClIO/c1-9-8-11(15)4-7-13(9)14(17)10-2-5-12(16)6-3-10/h2-8H,1H3. The Hall–Kier alpha value is -0.870. The lowest BCUT2D eigenvalue weighted by Gasteiger charge is -2.05. The van der Waals surface area contributed by atoms with Crippen molar-refractivity contribution in [2.24, 2.45) is 0 Å². The van der Waals surface area contributed by atoms with Gasteiger partial charge in [-0.25, -0.2) is 0 Å². The van der Waals surface area contributed by atoms with Gasteiger partial charge in [0.15, 0.2) is 5.78 Å². The third-order valence-electron chi connectivity index (χ3n) is 2.54. The number of hydrogen-bond acceptors (Lipinski definition) is 1. The molecular formula is C14H10ClIO. The van der Waals surface area contributed by atoms with Crippen molar-refractivity contribution in [2.75, 3.05) is 0 Å². The van der Waals surface area contributed by atoms with Gasteiger partial charge in [-0.15, -0.1) is 0 Å². The molecule has 0 saturated carbocycles. The number of benzene rings is 2. The van der Waals surface area contributed by atoms with Crippen LogP contribution in [-0.4, -0.2) is 5.78 Å². The highest BCUT2D eigenvalue weighted by Gasteiger charge is 2.11. The van der Waals surface area contributed by atoms with Gasteiger partial charge in [0.25, 0.3) is 0 Å². The second-order valence-electron chi connectivity index (χ2n) is 3.80. The van der Waals surface area contributed by atoms with E-state index in [4.69, 9.17) is 11.6 Å². The first-order valence-corrected chi connectivity index (χ1v) is 6.60. The summed E-state index contributed by atoms with van der Waals surface area (Å²) in [5.41, 5.74) is 2.31. The SMILES string of the molecule is Cc1cc(Cl)ccc1C(=O)c1ccc(I)cc1. The van der Waals surface area contributed by atoms with E-state index in [1.54, 1.807) is 12.1 Å². The minimum Gasteiger partial charge on any atom is -0.289 e. The predicted octanol–water partition coefficient (Wildman–Crippen LogP) is 4.48. The molecule has 0 saturated heterocycles. The van der Waals surface area contributed by atoms with E-state index >= 15 is 0 Å². The Bertz CT molecular complexity index is 561. The highest BCUT2D eigenvalue weighted by atomic mass is 127. The molecule has 0 amide bonds. The maximum atomic E-state index is 12.2. The number of carbonyl (C=O) groups excluding carboxylic acids is 1. The first-order valence-electron chi connectivity index (χ1n) is 5.14. The molecule has 3 heteroatoms. The Morgan fingerprint density at radius 2 is 1.76 bits per heavy atom. The minimum absolute atomic E-state index is 0.0376. The van der Waals surface area contributed by atoms with Crippen LogP contribution >= 0.6 is 34.2 Å². The average molecular weight is 357 g/mol. The summed E-state index contributed by atoms with van der Waals surface area (Å²) in [6.07, 6.45) is 0. The van der Waals surface area contributed by atoms with Gasteiger partial charge in [-0.2, -0.15) is 0 Å². The lowest BCUT2D eigenvalue weighted by Crippen LogP contribution is -2.03. The van der Waals surface area contributed by atoms with Crippen molar-refractivity contribution in [3.8, 4) is 0 Å². The third kappa shape index (κ3) is 2.87. The van der Waals surface area contributed by atoms with Gasteiger partial charge in [-0.1, -0.05) is 11.6 Å². The number of rotatable bonds is 2. The lowest BCUT2D eigenvalue weighted by molar-refractivity contribution is 0.103. The van der Waals surface area contributed by atoms with E-state index in [1.165, 1.54) is 0 Å². The normalized spacial score (nSPS) is 10.3. The van der Waals surface area contributed by atoms with Crippen molar-refractivity contribution < 1.29 is 4.79 Å². The highest BCUT2D eigenvalue weighted by Crippen LogP contribution is 2.19. The molecule has 0 N–H and O–H groups in total. The summed E-state index contributed by atoms with van der Waals surface area (Å²) >= 11 is 8.09. The van der Waals surface area contributed by atoms with Crippen molar-refractivity contribution >= 4 is 40.0 Å². The van der Waals surface area contributed by atoms with E-state index in [1.807, 2.05) is 37.3 Å². The number of halogens is 2. The molecule has 0 unspecified atom stereocenters. The molecule has 0 heterocycles. The predicted molar refractivity (Wildman–Crippen MR) is 78.8 cm³/mol. The molecular weight excluding hydrogens is 347 g/mol. The van der Waals surface area contributed by atoms with E-state index < -0.39 is 0 Å². The summed E-state index contributed by atoms with van der Waals surface area (Å²) in [5.74, 6) is 0.0376. The van der Waals surface area contributed by atoms with Gasteiger partial charge in [-0.05, 0) is 77.5 Å². The van der Waals surface area contributed by atoms with E-state index in [2.05, 4.69) is 22.6 Å². The minimum atomic E-state index is 0.0376. The van der Waals surface area contributed by atoms with E-state index in [9.17, 15) is 4.79 Å². The largest absolute Gasteiger partial charge is 0.289 e. The smallest absolute Gasteiger partial charge is 0.193 e. The number of ketones is 1. The molecule has 86 valence electrons. The number of hydrogen-bond donors (Lipinski definition) is 0. The van der Waals surface area contributed by atoms with Crippen molar-refractivity contribution in [3.63, 3.8) is 0 Å². The number of aryl methyl sites for hydroxylation is 1. The van der Waals surface area contributed by atoms with Crippen LogP contribution in [0.2, 0.25) is 5.02 Å². The van der Waals surface area contributed by atoms with Gasteiger partial charge in [0, 0.05) is 19.7 Å². The molecule has 0 aliphatic rings. The van der Waals surface area contributed by atoms with Gasteiger partial charge < -0.3 is 0 Å². The Labute approximate surface area is 119 Å². The zero-order valence-electron chi connectivity index (χ0n) is 9.21. The zero-order valence-corrected chi connectivity index (χ0v) is 12.1. The third-order valence-corrected chi connectivity index (χ3v) is 3.49. The van der Waals surface area contributed by atoms with Crippen LogP contribution in [-0.2, 0) is 0 Å². The fraction of sp³-hybridized carbons (Fsp3) is 0.0714. The summed E-state index contributed by atoms with van der Waals surface area (Å²) in [5, 5.41) is 0.654. The van der Waals surface area contributed by atoms with Crippen molar-refractivity contribution in [1.29, 1.82) is 0 Å². The van der Waals surface area contributed by atoms with Crippen LogP contribution in [0.25, 0.3) is 0 Å². The van der Waals surface area contributed by atoms with Gasteiger partial charge in [0.05, 0.1) is 0 Å². The van der Waals surface area contributed by atoms with E-state index in [-0.39, 0.29) is 5.78 Å². The van der Waals surface area contributed by atoms with Crippen LogP contribution in [0.4, 0.5) is 0 Å². The molecule has 0 aromatic heterocycles. The van der Waals surface area contributed by atoms with Crippen LogP contribution in [0.1, 0.15) is 21.5 Å². The van der Waals surface area contributed by atoms with Crippen LogP contribution < -0.4 is 0 Å². The molecule has 2 rings (SSSR count). The number of carbonyl (C=O) groups is 1. The second-order valence-corrected chi connectivity index (χ2v) is 5.48. The Morgan fingerprint density at radius 3 is 2.35 bits per heavy atom. The highest BCUT2D eigenvalue weighted by molar-refractivity contribution is 14.1. The summed E-state index contributed by atoms with van der Waals surface area (Å²) < 4.78 is 1.12. The van der Waals surface area contributed by atoms with Crippen LogP contribution in [0.3, 0.4) is 0 Å². The summed E-state index contributed by atoms with van der Waals surface area (Å²) in [7, 11) is 0. The molecule has 0 aliphatic heterocycles. The quantitative estimate of drug-likeness (QED) is 0.572. The average Bonchev–Trinajstić information content (AvgIpc) is 2.29. The molecule has 0 radical (unpaired) electrons. The molecule has 0 atom stereocenters. The van der Waals surface area contributed by atoms with E-state index in [0.29, 0.717) is 16.1 Å². The Balaban J connectivity index is 2.40. The molecule has 17 heavy (non-hydrogen) atoms. The monoisotopic (exact) mass is 356 g/mol. The molecule has 0 fully saturated rings. The van der Waals surface area contributed by atoms with Crippen molar-refractivity contribution in [1.82, 2.24) is 0 Å². The Morgan fingerprint density at radius 1 is 1.12 bits per heavy atom. The molecule has 1 nitrogen and oxygen atoms in total. The van der Waals surface area contributed by atoms with Gasteiger partial charge >= 0.3 is 0 Å². The lowest BCUT2D eigenvalue weighted by atomic mass is 9.99. The molecule has 0 spiro atoms. The summed E-state index contributed by atoms with van der Waals surface area (Å²) in [6, 6.07) is 12.9. The maximum absolute atomic E-state index is 12.2. The van der Waals surface area contributed by atoms with Crippen molar-refractivity contribution in [2.45, 2.75) is 6.92 Å². The van der Waals surface area contributed by atoms with Crippen LogP contribution in [0, 0.1) is 10.5 Å². The molecule has 2 aromatic carbocycles. The van der Waals surface area contributed by atoms with Gasteiger partial charge in [0.2, 0.25) is 0 Å². The van der Waals surface area contributed by atoms with Crippen LogP contribution in [0.5, 0.6) is 0 Å². The van der Waals surface area contributed by atoms with Crippen LogP contribution in [0.15, 0.2) is 42.5 Å². The van der Waals surface area contributed by atoms with Crippen molar-refractivity contribution in [3.05, 3.63) is 67.7 Å². The fourth-order valence-corrected chi connectivity index (χ4v) is 2.22. The first-order chi connectivity index (χ1) is 8.08. The zero-order chi connectivity index (χ0) is 12.4. The molecule has 2 aromatic rings. The fourth-order valence-electron chi connectivity index (χ4n) is 1.64. The van der Waals surface area contributed by atoms with Gasteiger partial charge in [-0.3, -0.25) is 4.79 Å². The maximum Gasteiger partial charge on any atom is 0.193 e. The van der Waals surface area contributed by atoms with E-state index in [0.717, 1.165) is 9.13 Å². The second kappa shape index (κ2) is 5.19. The Kier molecular flexibility index (Phi) is 3.84. The van der Waals surface area contributed by atoms with Gasteiger partial charge in [0.1, 0.15) is 0 Å². The molecule has 0 aliphatic carbocycles. The first kappa shape index (κ1) is 12.6. The summed E-state index contributed by atoms with van der Waals surface area (Å²) in [4.78, 5) is 12.2. The molecule has 0 bridgehead atoms.